The lowest BCUT2D eigenvalue weighted by molar-refractivity contribution is -0.116. The number of rotatable bonds is 10. The molecule has 1 saturated heterocycles. The summed E-state index contributed by atoms with van der Waals surface area (Å²) in [6.45, 7) is 21.3. The molecule has 3 rings (SSSR count). The number of epoxide rings is 1. The number of hydrogen-bond donors (Lipinski definition) is 1. The van der Waals surface area contributed by atoms with Crippen molar-refractivity contribution in [3.05, 3.63) is 119 Å². The van der Waals surface area contributed by atoms with E-state index >= 15 is 0 Å². The molecule has 0 radical (unpaired) electrons. The topological polar surface area (TPSA) is 49.8 Å². The molecule has 1 heterocycles. The fourth-order valence-corrected chi connectivity index (χ4v) is 6.64. The van der Waals surface area contributed by atoms with Crippen LogP contribution in [-0.2, 0) is 9.53 Å². The smallest absolute Gasteiger partial charge is 0.158 e. The van der Waals surface area contributed by atoms with Crippen molar-refractivity contribution in [2.75, 3.05) is 0 Å². The Balaban J connectivity index is 1.51. The lowest BCUT2D eigenvalue weighted by atomic mass is 9.63. The molecule has 3 nitrogen and oxygen atoms in total. The van der Waals surface area contributed by atoms with Crippen molar-refractivity contribution in [2.45, 2.75) is 112 Å². The second kappa shape index (κ2) is 13.7. The van der Waals surface area contributed by atoms with E-state index in [1.165, 1.54) is 16.7 Å². The normalized spacial score (nSPS) is 30.6. The minimum atomic E-state index is -0.294. The Morgan fingerprint density at radius 2 is 1.28 bits per heavy atom. The van der Waals surface area contributed by atoms with Gasteiger partial charge in [-0.1, -0.05) is 129 Å². The summed E-state index contributed by atoms with van der Waals surface area (Å²) >= 11 is 0. The van der Waals surface area contributed by atoms with Crippen LogP contribution in [0.4, 0.5) is 0 Å². The van der Waals surface area contributed by atoms with Crippen LogP contribution in [0.2, 0.25) is 0 Å². The van der Waals surface area contributed by atoms with Crippen molar-refractivity contribution in [2.24, 2.45) is 10.8 Å². The average Bonchev–Trinajstić information content (AvgIpc) is 3.53. The molecule has 3 heteroatoms. The number of fused-ring (bicyclic) bond motifs is 1. The van der Waals surface area contributed by atoms with Gasteiger partial charge in [0.25, 0.3) is 0 Å². The van der Waals surface area contributed by atoms with E-state index in [4.69, 9.17) is 4.74 Å². The monoisotopic (exact) mass is 582 g/mol. The number of hydrogen-bond acceptors (Lipinski definition) is 3. The van der Waals surface area contributed by atoms with Gasteiger partial charge in [-0.2, -0.15) is 0 Å². The van der Waals surface area contributed by atoms with Gasteiger partial charge in [0.2, 0.25) is 0 Å². The van der Waals surface area contributed by atoms with Crippen LogP contribution in [-0.4, -0.2) is 28.2 Å². The molecule has 1 saturated carbocycles. The second-order valence-corrected chi connectivity index (χ2v) is 14.3. The number of allylic oxidation sites excluding steroid dienone is 19. The second-order valence-electron chi connectivity index (χ2n) is 14.3. The van der Waals surface area contributed by atoms with Crippen LogP contribution in [0.1, 0.15) is 94.9 Å². The summed E-state index contributed by atoms with van der Waals surface area (Å²) in [6, 6.07) is 0. The zero-order valence-electron chi connectivity index (χ0n) is 28.3. The molecule has 1 N–H and O–H groups in total. The highest BCUT2D eigenvalue weighted by Crippen LogP contribution is 2.66. The van der Waals surface area contributed by atoms with E-state index in [1.54, 1.807) is 0 Å². The third-order valence-corrected chi connectivity index (χ3v) is 9.39. The largest absolute Gasteiger partial charge is 0.393 e. The van der Waals surface area contributed by atoms with Gasteiger partial charge in [-0.15, -0.1) is 0 Å². The minimum absolute atomic E-state index is 0.0406. The van der Waals surface area contributed by atoms with Crippen LogP contribution in [0.5, 0.6) is 0 Å². The van der Waals surface area contributed by atoms with Crippen LogP contribution in [0, 0.1) is 10.8 Å². The SMILES string of the molecule is CC1=C(/C=C/C(C)=C/C=C/C(C)=C/C=C/C=C(C)/C=C/C=C(C)/C=C/C23OC2(C)CC(O)CC3(C)C)C(C)(C)CCC1=O. The fraction of sp³-hybridized carbons (Fsp3) is 0.475. The quantitative estimate of drug-likeness (QED) is 0.206. The van der Waals surface area contributed by atoms with Gasteiger partial charge in [0.1, 0.15) is 11.2 Å². The molecule has 2 aliphatic carbocycles. The van der Waals surface area contributed by atoms with Gasteiger partial charge >= 0.3 is 0 Å². The third-order valence-electron chi connectivity index (χ3n) is 9.39. The molecule has 3 unspecified atom stereocenters. The first kappa shape index (κ1) is 34.5. The first-order valence-corrected chi connectivity index (χ1v) is 15.7. The van der Waals surface area contributed by atoms with Gasteiger partial charge in [0.05, 0.1) is 6.10 Å². The number of carbonyl (C=O) groups excluding carboxylic acids is 1. The standard InChI is InChI=1S/C40H54O3/c1-29(17-13-19-31(3)21-22-35-33(5)36(42)24-25-37(35,6)7)15-11-12-16-30(2)18-14-20-32(4)23-26-40-38(8,9)27-34(41)28-39(40,10)43-40/h11-23,26,34,41H,24-25,27-28H2,1-10H3/b12-11+,17-13+,18-14+,22-21+,26-23+,29-15+,30-16+,31-19+,32-20+. The van der Waals surface area contributed by atoms with E-state index in [1.807, 2.05) is 6.92 Å². The summed E-state index contributed by atoms with van der Waals surface area (Å²) in [7, 11) is 0. The zero-order chi connectivity index (χ0) is 32.1. The molecule has 0 bridgehead atoms. The molecule has 0 amide bonds. The first-order valence-electron chi connectivity index (χ1n) is 15.7. The van der Waals surface area contributed by atoms with E-state index < -0.39 is 0 Å². The summed E-state index contributed by atoms with van der Waals surface area (Å²) in [5, 5.41) is 10.2. The molecule has 2 fully saturated rings. The van der Waals surface area contributed by atoms with Crippen LogP contribution < -0.4 is 0 Å². The zero-order valence-corrected chi connectivity index (χ0v) is 28.3. The predicted octanol–water partition coefficient (Wildman–Crippen LogP) is 9.97. The van der Waals surface area contributed by atoms with Crippen molar-refractivity contribution in [3.8, 4) is 0 Å². The van der Waals surface area contributed by atoms with E-state index in [0.717, 1.165) is 29.6 Å². The maximum absolute atomic E-state index is 12.2. The van der Waals surface area contributed by atoms with Crippen molar-refractivity contribution < 1.29 is 14.6 Å². The van der Waals surface area contributed by atoms with E-state index in [-0.39, 0.29) is 33.9 Å². The summed E-state index contributed by atoms with van der Waals surface area (Å²) in [5.74, 6) is 0.272. The fourth-order valence-electron chi connectivity index (χ4n) is 6.64. The average molecular weight is 583 g/mol. The van der Waals surface area contributed by atoms with E-state index in [2.05, 4.69) is 147 Å². The highest BCUT2D eigenvalue weighted by Gasteiger charge is 2.74. The minimum Gasteiger partial charge on any atom is -0.393 e. The van der Waals surface area contributed by atoms with Gasteiger partial charge in [0.15, 0.2) is 5.78 Å². The molecule has 0 aromatic rings. The number of carbonyl (C=O) groups is 1. The molecular weight excluding hydrogens is 528 g/mol. The Labute approximate surface area is 261 Å². The number of aliphatic hydroxyl groups excluding tert-OH is 1. The van der Waals surface area contributed by atoms with Gasteiger partial charge in [-0.3, -0.25) is 4.79 Å². The van der Waals surface area contributed by atoms with E-state index in [0.29, 0.717) is 12.8 Å². The highest BCUT2D eigenvalue weighted by atomic mass is 16.6. The molecule has 0 aromatic carbocycles. The molecule has 0 aromatic heterocycles. The molecular formula is C40H54O3. The Kier molecular flexibility index (Phi) is 11.0. The Morgan fingerprint density at radius 3 is 1.84 bits per heavy atom. The molecule has 0 spiro atoms. The Bertz CT molecular complexity index is 1380. The molecule has 232 valence electrons. The van der Waals surface area contributed by atoms with Crippen LogP contribution in [0.15, 0.2) is 119 Å². The molecule has 3 atom stereocenters. The highest BCUT2D eigenvalue weighted by molar-refractivity contribution is 5.97. The number of Topliss-reactive ketones (excluding diaryl/α,β-unsaturated/α-hetero) is 1. The van der Waals surface area contributed by atoms with Gasteiger partial charge in [-0.05, 0) is 77.0 Å². The summed E-state index contributed by atoms with van der Waals surface area (Å²) < 4.78 is 6.24. The summed E-state index contributed by atoms with van der Waals surface area (Å²) in [6.07, 6.45) is 32.2. The van der Waals surface area contributed by atoms with Gasteiger partial charge < -0.3 is 9.84 Å². The van der Waals surface area contributed by atoms with Gasteiger partial charge in [0, 0.05) is 18.3 Å². The number of ketones is 1. The van der Waals surface area contributed by atoms with E-state index in [9.17, 15) is 9.90 Å². The lowest BCUT2D eigenvalue weighted by Gasteiger charge is -2.39. The molecule has 3 aliphatic rings. The summed E-state index contributed by atoms with van der Waals surface area (Å²) in [5.41, 5.74) is 6.09. The maximum atomic E-state index is 12.2. The van der Waals surface area contributed by atoms with Crippen molar-refractivity contribution in [3.63, 3.8) is 0 Å². The molecule has 43 heavy (non-hydrogen) atoms. The van der Waals surface area contributed by atoms with Crippen molar-refractivity contribution >= 4 is 5.78 Å². The lowest BCUT2D eigenvalue weighted by Crippen LogP contribution is -2.46. The van der Waals surface area contributed by atoms with Crippen LogP contribution in [0.3, 0.4) is 0 Å². The number of ether oxygens (including phenoxy) is 1. The van der Waals surface area contributed by atoms with Crippen molar-refractivity contribution in [1.29, 1.82) is 0 Å². The Hall–Kier alpha value is -3.01. The number of aliphatic hydroxyl groups is 1. The van der Waals surface area contributed by atoms with Crippen LogP contribution in [0.25, 0.3) is 0 Å². The molecule has 1 aliphatic heterocycles. The summed E-state index contributed by atoms with van der Waals surface area (Å²) in [4.78, 5) is 12.2. The third kappa shape index (κ3) is 8.55. The first-order chi connectivity index (χ1) is 20.0. The van der Waals surface area contributed by atoms with Crippen LogP contribution >= 0.6 is 0 Å². The maximum Gasteiger partial charge on any atom is 0.158 e. The predicted molar refractivity (Wildman–Crippen MR) is 183 cm³/mol. The van der Waals surface area contributed by atoms with Crippen molar-refractivity contribution in [1.82, 2.24) is 0 Å². The Morgan fingerprint density at radius 1 is 0.767 bits per heavy atom. The van der Waals surface area contributed by atoms with Gasteiger partial charge in [-0.25, -0.2) is 0 Å².